The summed E-state index contributed by atoms with van der Waals surface area (Å²) >= 11 is 5.40. The van der Waals surface area contributed by atoms with E-state index >= 15 is 0 Å². The van der Waals surface area contributed by atoms with Crippen molar-refractivity contribution in [2.45, 2.75) is 19.3 Å². The lowest BCUT2D eigenvalue weighted by Gasteiger charge is -1.86. The van der Waals surface area contributed by atoms with Crippen LogP contribution in [0.15, 0.2) is 12.7 Å². The number of rotatable bonds is 4. The van der Waals surface area contributed by atoms with Crippen LogP contribution in [0, 0.1) is 0 Å². The second-order valence-electron chi connectivity index (χ2n) is 1.47. The summed E-state index contributed by atoms with van der Waals surface area (Å²) in [4.78, 5) is 0. The Hall–Kier alpha value is -0.0100. The smallest absolute Gasteiger partial charge is 0.0223 e. The van der Waals surface area contributed by atoms with Crippen LogP contribution in [0.2, 0.25) is 0 Å². The second-order valence-corrected chi connectivity index (χ2v) is 1.85. The molecule has 0 spiro atoms. The van der Waals surface area contributed by atoms with E-state index < -0.39 is 0 Å². The quantitative estimate of drug-likeness (QED) is 0.321. The molecule has 0 aromatic heterocycles. The van der Waals surface area contributed by atoms with Crippen LogP contribution in [0.5, 0.6) is 0 Å². The Morgan fingerprint density at radius 1 is 1.38 bits per heavy atom. The largest absolute Gasteiger partial charge is 0.412 e. The van der Waals surface area contributed by atoms with Gasteiger partial charge in [0.05, 0.1) is 0 Å². The maximum atomic E-state index is 5.40. The van der Waals surface area contributed by atoms with Gasteiger partial charge in [-0.15, -0.1) is 18.2 Å². The van der Waals surface area contributed by atoms with E-state index in [0.29, 0.717) is 0 Å². The first-order chi connectivity index (χ1) is 3.41. The Morgan fingerprint density at radius 3 is 2.38 bits per heavy atom. The van der Waals surface area contributed by atoms with Gasteiger partial charge >= 0.3 is 0 Å². The summed E-state index contributed by atoms with van der Waals surface area (Å²) in [6.45, 7) is 3.59. The molecule has 0 amide bonds. The van der Waals surface area contributed by atoms with Crippen molar-refractivity contribution in [3.05, 3.63) is 12.7 Å². The van der Waals surface area contributed by atoms with Crippen LogP contribution < -0.4 is 0 Å². The molecule has 0 heterocycles. The molecular weight excluding hydrogens is 124 g/mol. The summed E-state index contributed by atoms with van der Waals surface area (Å²) in [6.07, 6.45) is 5.33. The van der Waals surface area contributed by atoms with Gasteiger partial charge in [-0.2, -0.15) is 0 Å². The van der Waals surface area contributed by atoms with Gasteiger partial charge in [-0.3, -0.25) is 0 Å². The van der Waals surface area contributed by atoms with Crippen molar-refractivity contribution < 1.29 is 5.48 Å². The van der Waals surface area contributed by atoms with Crippen molar-refractivity contribution in [1.82, 2.24) is 0 Å². The Morgan fingerprint density at radius 2 is 2.00 bits per heavy atom. The predicted octanol–water partition coefficient (Wildman–Crippen LogP) is 1.76. The van der Waals surface area contributed by atoms with Crippen molar-refractivity contribution in [2.75, 3.05) is 5.88 Å². The first-order valence-corrected chi connectivity index (χ1v) is 3.12. The molecule has 0 aliphatic heterocycles. The molecular formula is C6H13ClO. The minimum atomic E-state index is 0. The summed E-state index contributed by atoms with van der Waals surface area (Å²) < 4.78 is 0. The first-order valence-electron chi connectivity index (χ1n) is 2.58. The fraction of sp³-hybridized carbons (Fsp3) is 0.667. The lowest BCUT2D eigenvalue weighted by atomic mass is 10.2. The van der Waals surface area contributed by atoms with Crippen molar-refractivity contribution >= 4 is 11.6 Å². The van der Waals surface area contributed by atoms with Gasteiger partial charge < -0.3 is 5.48 Å². The molecule has 0 aliphatic carbocycles. The number of allylic oxidation sites excluding steroid dienone is 1. The van der Waals surface area contributed by atoms with Crippen LogP contribution in [0.3, 0.4) is 0 Å². The van der Waals surface area contributed by atoms with E-state index in [1.54, 1.807) is 0 Å². The highest BCUT2D eigenvalue weighted by Gasteiger charge is 1.78. The van der Waals surface area contributed by atoms with Crippen LogP contribution in [-0.4, -0.2) is 11.4 Å². The fourth-order valence-electron chi connectivity index (χ4n) is 0.383. The average molecular weight is 137 g/mol. The molecule has 8 heavy (non-hydrogen) atoms. The lowest BCUT2D eigenvalue weighted by Crippen LogP contribution is -1.72. The van der Waals surface area contributed by atoms with Gasteiger partial charge in [0.1, 0.15) is 0 Å². The fourth-order valence-corrected chi connectivity index (χ4v) is 0.572. The number of alkyl halides is 1. The van der Waals surface area contributed by atoms with Crippen molar-refractivity contribution in [2.24, 2.45) is 0 Å². The summed E-state index contributed by atoms with van der Waals surface area (Å²) in [5, 5.41) is 0. The van der Waals surface area contributed by atoms with Gasteiger partial charge in [0, 0.05) is 5.88 Å². The van der Waals surface area contributed by atoms with Crippen LogP contribution in [0.1, 0.15) is 19.3 Å². The Kier molecular flexibility index (Phi) is 13.7. The van der Waals surface area contributed by atoms with Gasteiger partial charge in [-0.1, -0.05) is 6.08 Å². The van der Waals surface area contributed by atoms with Gasteiger partial charge in [-0.05, 0) is 19.3 Å². The van der Waals surface area contributed by atoms with Gasteiger partial charge in [-0.25, -0.2) is 0 Å². The zero-order chi connectivity index (χ0) is 5.54. The molecule has 2 N–H and O–H groups in total. The van der Waals surface area contributed by atoms with E-state index in [-0.39, 0.29) is 5.48 Å². The highest BCUT2D eigenvalue weighted by molar-refractivity contribution is 6.17. The standard InChI is InChI=1S/C6H11Cl.H2O/c1-2-3-4-5-6-7;/h2H,1,3-6H2;1H2. The molecule has 50 valence electrons. The number of halogens is 1. The maximum Gasteiger partial charge on any atom is 0.0223 e. The molecule has 1 nitrogen and oxygen atoms in total. The van der Waals surface area contributed by atoms with Crippen LogP contribution in [0.25, 0.3) is 0 Å². The monoisotopic (exact) mass is 136 g/mol. The van der Waals surface area contributed by atoms with Crippen molar-refractivity contribution in [3.8, 4) is 0 Å². The zero-order valence-corrected chi connectivity index (χ0v) is 5.75. The molecule has 0 fully saturated rings. The topological polar surface area (TPSA) is 31.5 Å². The average Bonchev–Trinajstić information content (AvgIpc) is 1.69. The third-order valence-electron chi connectivity index (χ3n) is 0.792. The van der Waals surface area contributed by atoms with Crippen molar-refractivity contribution in [1.29, 1.82) is 0 Å². The van der Waals surface area contributed by atoms with E-state index in [0.717, 1.165) is 18.7 Å². The summed E-state index contributed by atoms with van der Waals surface area (Å²) in [6, 6.07) is 0. The Labute approximate surface area is 55.7 Å². The van der Waals surface area contributed by atoms with E-state index in [1.165, 1.54) is 6.42 Å². The number of hydrogen-bond donors (Lipinski definition) is 0. The van der Waals surface area contributed by atoms with Gasteiger partial charge in [0.15, 0.2) is 0 Å². The predicted molar refractivity (Wildman–Crippen MR) is 38.4 cm³/mol. The minimum Gasteiger partial charge on any atom is -0.412 e. The molecule has 0 rings (SSSR count). The molecule has 0 radical (unpaired) electrons. The first kappa shape index (κ1) is 10.9. The lowest BCUT2D eigenvalue weighted by molar-refractivity contribution is 0.821. The Balaban J connectivity index is 0. The Bertz CT molecular complexity index is 45.8. The molecule has 0 atom stereocenters. The summed E-state index contributed by atoms with van der Waals surface area (Å²) in [5.41, 5.74) is 0. The summed E-state index contributed by atoms with van der Waals surface area (Å²) in [7, 11) is 0. The van der Waals surface area contributed by atoms with E-state index in [2.05, 4.69) is 6.58 Å². The maximum absolute atomic E-state index is 5.40. The van der Waals surface area contributed by atoms with Crippen molar-refractivity contribution in [3.63, 3.8) is 0 Å². The van der Waals surface area contributed by atoms with E-state index in [4.69, 9.17) is 11.6 Å². The van der Waals surface area contributed by atoms with Crippen LogP contribution in [-0.2, 0) is 0 Å². The minimum absolute atomic E-state index is 0. The van der Waals surface area contributed by atoms with E-state index in [1.807, 2.05) is 6.08 Å². The molecule has 0 saturated carbocycles. The van der Waals surface area contributed by atoms with Gasteiger partial charge in [0.25, 0.3) is 0 Å². The molecule has 0 aromatic rings. The van der Waals surface area contributed by atoms with E-state index in [9.17, 15) is 0 Å². The highest BCUT2D eigenvalue weighted by atomic mass is 35.5. The SMILES string of the molecule is C=CCCCCCl.O. The number of hydrogen-bond acceptors (Lipinski definition) is 0. The molecule has 0 saturated heterocycles. The molecule has 0 bridgehead atoms. The molecule has 0 unspecified atom stereocenters. The third kappa shape index (κ3) is 9.37. The van der Waals surface area contributed by atoms with Gasteiger partial charge in [0.2, 0.25) is 0 Å². The molecule has 0 aliphatic rings. The third-order valence-corrected chi connectivity index (χ3v) is 1.06. The second kappa shape index (κ2) is 10.1. The zero-order valence-electron chi connectivity index (χ0n) is 4.99. The normalized spacial score (nSPS) is 7.62. The molecule has 2 heteroatoms. The highest BCUT2D eigenvalue weighted by Crippen LogP contribution is 1.95. The number of unbranched alkanes of at least 4 members (excludes halogenated alkanes) is 2. The summed E-state index contributed by atoms with van der Waals surface area (Å²) in [5.74, 6) is 0.786. The van der Waals surface area contributed by atoms with Crippen LogP contribution >= 0.6 is 11.6 Å². The van der Waals surface area contributed by atoms with Crippen LogP contribution in [0.4, 0.5) is 0 Å². The molecule has 0 aromatic carbocycles.